The van der Waals surface area contributed by atoms with Gasteiger partial charge in [-0.3, -0.25) is 0 Å². The third-order valence-electron chi connectivity index (χ3n) is 17.5. The lowest BCUT2D eigenvalue weighted by atomic mass is 9.94. The first-order valence-electron chi connectivity index (χ1n) is 29.6. The van der Waals surface area contributed by atoms with Gasteiger partial charge in [0.1, 0.15) is 0 Å². The summed E-state index contributed by atoms with van der Waals surface area (Å²) in [6, 6.07) is 124. The molecule has 16 aromatic carbocycles. The van der Waals surface area contributed by atoms with Gasteiger partial charge in [-0.1, -0.05) is 267 Å². The summed E-state index contributed by atoms with van der Waals surface area (Å²) in [6.45, 7) is 0. The van der Waals surface area contributed by atoms with Crippen LogP contribution in [0, 0.1) is 0 Å². The topological polar surface area (TPSA) is 6.48 Å². The summed E-state index contributed by atoms with van der Waals surface area (Å²) in [4.78, 5) is 4.80. The Morgan fingerprint density at radius 3 is 0.512 bits per heavy atom. The Morgan fingerprint density at radius 2 is 0.279 bits per heavy atom. The zero-order valence-corrected chi connectivity index (χ0v) is 47.2. The van der Waals surface area contributed by atoms with Gasteiger partial charge in [-0.15, -0.1) is 0 Å². The normalized spacial score (nSPS) is 11.5. The Balaban J connectivity index is 0.764. The van der Waals surface area contributed by atoms with Crippen LogP contribution in [0.1, 0.15) is 0 Å². The summed E-state index contributed by atoms with van der Waals surface area (Å²) in [7, 11) is 0. The molecular formula is C84H56N2. The van der Waals surface area contributed by atoms with E-state index in [1.165, 1.54) is 109 Å². The molecule has 86 heavy (non-hydrogen) atoms. The highest BCUT2D eigenvalue weighted by molar-refractivity contribution is 6.27. The zero-order chi connectivity index (χ0) is 56.9. The molecule has 0 bridgehead atoms. The van der Waals surface area contributed by atoms with Gasteiger partial charge in [-0.2, -0.15) is 0 Å². The van der Waals surface area contributed by atoms with E-state index in [1.54, 1.807) is 0 Å². The van der Waals surface area contributed by atoms with Gasteiger partial charge in [0.25, 0.3) is 0 Å². The maximum atomic E-state index is 2.40. The molecule has 0 saturated carbocycles. The monoisotopic (exact) mass is 1090 g/mol. The van der Waals surface area contributed by atoms with E-state index in [0.29, 0.717) is 0 Å². The molecule has 0 atom stereocenters. The van der Waals surface area contributed by atoms with Crippen molar-refractivity contribution in [2.24, 2.45) is 0 Å². The number of benzene rings is 16. The molecule has 402 valence electrons. The summed E-state index contributed by atoms with van der Waals surface area (Å²) < 4.78 is 0. The predicted molar refractivity (Wildman–Crippen MR) is 368 cm³/mol. The number of hydrogen-bond donors (Lipinski definition) is 0. The van der Waals surface area contributed by atoms with Gasteiger partial charge >= 0.3 is 0 Å². The van der Waals surface area contributed by atoms with E-state index in [-0.39, 0.29) is 0 Å². The van der Waals surface area contributed by atoms with Gasteiger partial charge in [0.15, 0.2) is 0 Å². The fourth-order valence-corrected chi connectivity index (χ4v) is 13.1. The molecule has 0 radical (unpaired) electrons. The fraction of sp³-hybridized carbons (Fsp3) is 0. The standard InChI is InChI=1S/C84H56N2/c1-3-15-57(16-4-1)59-27-31-61(32-28-59)63-35-43-67(44-36-63)85(71-51-53-81-77-23-9-7-19-73(77)75-21-11-13-25-79(75)83(81)55-71)69-47-39-65(40-48-69)66-41-49-70(50-42-66)86(68-45-37-64(38-46-68)62-33-29-60(30-34-62)58-17-5-2-6-18-58)72-52-54-82-78-24-10-8-20-74(78)76-22-12-14-26-80(76)84(82)56-72/h1-56H. The molecule has 0 aliphatic carbocycles. The van der Waals surface area contributed by atoms with E-state index >= 15 is 0 Å². The lowest BCUT2D eigenvalue weighted by molar-refractivity contribution is 1.28. The Hall–Kier alpha value is -11.3. The third-order valence-corrected chi connectivity index (χ3v) is 17.5. The molecule has 0 unspecified atom stereocenters. The molecule has 2 nitrogen and oxygen atoms in total. The maximum Gasteiger partial charge on any atom is 0.0468 e. The minimum Gasteiger partial charge on any atom is -0.310 e. The van der Waals surface area contributed by atoms with Crippen molar-refractivity contribution in [3.63, 3.8) is 0 Å². The van der Waals surface area contributed by atoms with Crippen LogP contribution in [0.3, 0.4) is 0 Å². The zero-order valence-electron chi connectivity index (χ0n) is 47.2. The molecule has 0 fully saturated rings. The molecule has 0 heterocycles. The van der Waals surface area contributed by atoms with Crippen LogP contribution < -0.4 is 9.80 Å². The molecule has 0 aliphatic rings. The molecule has 0 spiro atoms. The molecule has 16 rings (SSSR count). The summed E-state index contributed by atoms with van der Waals surface area (Å²) >= 11 is 0. The lowest BCUT2D eigenvalue weighted by Crippen LogP contribution is -2.10. The molecule has 0 saturated heterocycles. The molecular weight excluding hydrogens is 1040 g/mol. The van der Waals surface area contributed by atoms with Crippen LogP contribution in [0.15, 0.2) is 340 Å². The fourth-order valence-electron chi connectivity index (χ4n) is 13.1. The highest BCUT2D eigenvalue weighted by Gasteiger charge is 2.19. The highest BCUT2D eigenvalue weighted by Crippen LogP contribution is 2.45. The van der Waals surface area contributed by atoms with Crippen molar-refractivity contribution >= 4 is 98.8 Å². The van der Waals surface area contributed by atoms with Gasteiger partial charge in [-0.05, 0) is 193 Å². The van der Waals surface area contributed by atoms with Crippen molar-refractivity contribution in [3.8, 4) is 55.6 Å². The SMILES string of the molecule is c1ccc(-c2ccc(-c3ccc(N(c4ccc(-c5ccc(N(c6ccc(-c7ccc(-c8ccccc8)cc7)cc6)c6ccc7c8ccccc8c8ccccc8c7c6)cc5)cc4)c4ccc5c6ccccc6c6ccccc6c5c4)cc3)cc2)cc1. The number of hydrogen-bond acceptors (Lipinski definition) is 2. The molecule has 0 aromatic heterocycles. The number of rotatable bonds is 11. The number of nitrogens with zero attached hydrogens (tertiary/aromatic N) is 2. The number of fused-ring (bicyclic) bond motifs is 12. The van der Waals surface area contributed by atoms with Crippen LogP contribution in [-0.2, 0) is 0 Å². The molecule has 16 aromatic rings. The summed E-state index contributed by atoms with van der Waals surface area (Å²) in [5.74, 6) is 0. The van der Waals surface area contributed by atoms with E-state index in [9.17, 15) is 0 Å². The second-order valence-corrected chi connectivity index (χ2v) is 22.4. The van der Waals surface area contributed by atoms with E-state index in [1.807, 2.05) is 0 Å². The second kappa shape index (κ2) is 21.5. The van der Waals surface area contributed by atoms with Crippen molar-refractivity contribution in [2.45, 2.75) is 0 Å². The molecule has 0 amide bonds. The average Bonchev–Trinajstić information content (AvgIpc) is 1.33. The van der Waals surface area contributed by atoms with Crippen molar-refractivity contribution in [1.29, 1.82) is 0 Å². The molecule has 0 aliphatic heterocycles. The second-order valence-electron chi connectivity index (χ2n) is 22.4. The summed E-state index contributed by atoms with van der Waals surface area (Å²) in [5.41, 5.74) is 18.4. The first kappa shape index (κ1) is 50.4. The summed E-state index contributed by atoms with van der Waals surface area (Å²) in [5, 5.41) is 15.1. The number of anilines is 6. The van der Waals surface area contributed by atoms with E-state index < -0.39 is 0 Å². The van der Waals surface area contributed by atoms with Gasteiger partial charge in [-0.25, -0.2) is 0 Å². The van der Waals surface area contributed by atoms with E-state index in [2.05, 4.69) is 350 Å². The minimum atomic E-state index is 1.08. The first-order valence-corrected chi connectivity index (χ1v) is 29.6. The Bertz CT molecular complexity index is 4750. The van der Waals surface area contributed by atoms with Gasteiger partial charge in [0.05, 0.1) is 0 Å². The predicted octanol–water partition coefficient (Wildman–Crippen LogP) is 23.9. The molecule has 0 N–H and O–H groups in total. The minimum absolute atomic E-state index is 1.08. The Kier molecular flexibility index (Phi) is 12.6. The van der Waals surface area contributed by atoms with Crippen molar-refractivity contribution in [2.75, 3.05) is 9.80 Å². The largest absolute Gasteiger partial charge is 0.310 e. The third kappa shape index (κ3) is 9.09. The van der Waals surface area contributed by atoms with Crippen molar-refractivity contribution in [1.82, 2.24) is 0 Å². The van der Waals surface area contributed by atoms with Crippen LogP contribution in [0.2, 0.25) is 0 Å². The maximum absolute atomic E-state index is 2.40. The quantitative estimate of drug-likeness (QED) is 0.119. The van der Waals surface area contributed by atoms with Crippen LogP contribution in [0.4, 0.5) is 34.1 Å². The van der Waals surface area contributed by atoms with Gasteiger partial charge in [0, 0.05) is 34.1 Å². The average molecular weight is 1090 g/mol. The highest BCUT2D eigenvalue weighted by atomic mass is 15.1. The molecule has 2 heteroatoms. The Labute approximate surface area is 501 Å². The van der Waals surface area contributed by atoms with Crippen molar-refractivity contribution in [3.05, 3.63) is 340 Å². The van der Waals surface area contributed by atoms with Crippen LogP contribution in [0.25, 0.3) is 120 Å². The smallest absolute Gasteiger partial charge is 0.0468 e. The van der Waals surface area contributed by atoms with Crippen LogP contribution in [-0.4, -0.2) is 0 Å². The van der Waals surface area contributed by atoms with E-state index in [4.69, 9.17) is 0 Å². The van der Waals surface area contributed by atoms with Gasteiger partial charge < -0.3 is 9.80 Å². The summed E-state index contributed by atoms with van der Waals surface area (Å²) in [6.07, 6.45) is 0. The van der Waals surface area contributed by atoms with E-state index in [0.717, 1.165) is 45.3 Å². The van der Waals surface area contributed by atoms with Crippen molar-refractivity contribution < 1.29 is 0 Å². The van der Waals surface area contributed by atoms with Crippen LogP contribution in [0.5, 0.6) is 0 Å². The van der Waals surface area contributed by atoms with Crippen LogP contribution >= 0.6 is 0 Å². The Morgan fingerprint density at radius 1 is 0.116 bits per heavy atom. The van der Waals surface area contributed by atoms with Gasteiger partial charge in [0.2, 0.25) is 0 Å². The lowest BCUT2D eigenvalue weighted by Gasteiger charge is -2.27. The first-order chi connectivity index (χ1) is 42.6.